The second-order valence-corrected chi connectivity index (χ2v) is 3.65. The Morgan fingerprint density at radius 2 is 1.12 bits per heavy atom. The van der Waals surface area contributed by atoms with Gasteiger partial charge in [-0.25, -0.2) is 0 Å². The summed E-state index contributed by atoms with van der Waals surface area (Å²) < 4.78 is 0. The van der Waals surface area contributed by atoms with Crippen molar-refractivity contribution in [2.45, 2.75) is 0 Å². The molecular weight excluding hydrogens is 200 g/mol. The summed E-state index contributed by atoms with van der Waals surface area (Å²) >= 11 is 0. The number of nitrogens with one attached hydrogen (secondary N) is 2. The first-order valence-electron chi connectivity index (χ1n) is 5.15. The second kappa shape index (κ2) is 3.81. The molecule has 0 aliphatic carbocycles. The van der Waals surface area contributed by atoms with E-state index in [4.69, 9.17) is 11.5 Å². The predicted octanol–water partition coefficient (Wildman–Crippen LogP) is 2.09. The zero-order valence-corrected chi connectivity index (χ0v) is 9.46. The van der Waals surface area contributed by atoms with Gasteiger partial charge in [0, 0.05) is 47.6 Å². The lowest BCUT2D eigenvalue weighted by atomic mass is 10.0. The predicted molar refractivity (Wildman–Crippen MR) is 71.9 cm³/mol. The first-order chi connectivity index (χ1) is 7.69. The third-order valence-corrected chi connectivity index (χ3v) is 2.76. The average molecular weight is 216 g/mol. The van der Waals surface area contributed by atoms with Gasteiger partial charge in [-0.2, -0.15) is 0 Å². The van der Waals surface area contributed by atoms with Crippen LogP contribution in [0.25, 0.3) is 10.8 Å². The fourth-order valence-electron chi connectivity index (χ4n) is 1.97. The van der Waals surface area contributed by atoms with Gasteiger partial charge < -0.3 is 22.1 Å². The number of anilines is 4. The summed E-state index contributed by atoms with van der Waals surface area (Å²) in [6.07, 6.45) is 0. The van der Waals surface area contributed by atoms with Gasteiger partial charge in [0.2, 0.25) is 0 Å². The van der Waals surface area contributed by atoms with Gasteiger partial charge in [-0.1, -0.05) is 0 Å². The smallest absolute Gasteiger partial charge is 0.0440 e. The van der Waals surface area contributed by atoms with Crippen molar-refractivity contribution in [1.82, 2.24) is 0 Å². The average Bonchev–Trinajstić information content (AvgIpc) is 2.32. The van der Waals surface area contributed by atoms with Gasteiger partial charge in [-0.3, -0.25) is 0 Å². The SMILES string of the molecule is CNc1ccc(NC)c2c(N)ccc(N)c12. The maximum atomic E-state index is 6.00. The van der Waals surface area contributed by atoms with Crippen molar-refractivity contribution in [2.75, 3.05) is 36.2 Å². The minimum absolute atomic E-state index is 0.727. The topological polar surface area (TPSA) is 76.1 Å². The molecule has 0 aliphatic heterocycles. The lowest BCUT2D eigenvalue weighted by Gasteiger charge is -2.14. The molecule has 0 atom stereocenters. The zero-order chi connectivity index (χ0) is 11.7. The maximum absolute atomic E-state index is 6.00. The molecule has 0 aliphatic rings. The molecule has 0 radical (unpaired) electrons. The van der Waals surface area contributed by atoms with E-state index in [0.717, 1.165) is 33.5 Å². The number of nitrogens with two attached hydrogens (primary N) is 2. The number of benzene rings is 2. The number of nitrogen functional groups attached to an aromatic ring is 2. The lowest BCUT2D eigenvalue weighted by molar-refractivity contribution is 1.51. The molecule has 0 heterocycles. The van der Waals surface area contributed by atoms with Gasteiger partial charge in [0.1, 0.15) is 0 Å². The molecule has 0 saturated carbocycles. The van der Waals surface area contributed by atoms with E-state index < -0.39 is 0 Å². The van der Waals surface area contributed by atoms with Crippen LogP contribution in [0.15, 0.2) is 24.3 Å². The van der Waals surface area contributed by atoms with Crippen molar-refractivity contribution in [2.24, 2.45) is 0 Å². The Hall–Kier alpha value is -2.10. The van der Waals surface area contributed by atoms with Crippen LogP contribution in [0.3, 0.4) is 0 Å². The Balaban J connectivity index is 2.95. The molecule has 0 bridgehead atoms. The molecule has 4 nitrogen and oxygen atoms in total. The molecule has 84 valence electrons. The van der Waals surface area contributed by atoms with Crippen LogP contribution < -0.4 is 22.1 Å². The molecule has 6 N–H and O–H groups in total. The van der Waals surface area contributed by atoms with Crippen molar-refractivity contribution in [3.63, 3.8) is 0 Å². The number of rotatable bonds is 2. The number of fused-ring (bicyclic) bond motifs is 1. The van der Waals surface area contributed by atoms with Gasteiger partial charge in [-0.05, 0) is 24.3 Å². The molecule has 2 rings (SSSR count). The first kappa shape index (κ1) is 10.4. The third kappa shape index (κ3) is 1.39. The van der Waals surface area contributed by atoms with Crippen molar-refractivity contribution in [1.29, 1.82) is 0 Å². The van der Waals surface area contributed by atoms with Gasteiger partial charge in [-0.15, -0.1) is 0 Å². The zero-order valence-electron chi connectivity index (χ0n) is 9.46. The third-order valence-electron chi connectivity index (χ3n) is 2.76. The Kier molecular flexibility index (Phi) is 2.48. The minimum atomic E-state index is 0.727. The Labute approximate surface area is 94.6 Å². The summed E-state index contributed by atoms with van der Waals surface area (Å²) in [7, 11) is 3.74. The summed E-state index contributed by atoms with van der Waals surface area (Å²) in [6.45, 7) is 0. The standard InChI is InChI=1S/C12H16N4/c1-15-9-5-6-10(16-2)12-8(14)4-3-7(13)11(9)12/h3-6,15-16H,13-14H2,1-2H3. The van der Waals surface area contributed by atoms with Crippen LogP contribution in [-0.2, 0) is 0 Å². The lowest BCUT2D eigenvalue weighted by Crippen LogP contribution is -2.00. The van der Waals surface area contributed by atoms with E-state index in [1.165, 1.54) is 0 Å². The van der Waals surface area contributed by atoms with Crippen molar-refractivity contribution in [3.05, 3.63) is 24.3 Å². The van der Waals surface area contributed by atoms with E-state index in [0.29, 0.717) is 0 Å². The van der Waals surface area contributed by atoms with E-state index in [9.17, 15) is 0 Å². The fraction of sp³-hybridized carbons (Fsp3) is 0.167. The van der Waals surface area contributed by atoms with Crippen molar-refractivity contribution < 1.29 is 0 Å². The van der Waals surface area contributed by atoms with Gasteiger partial charge >= 0.3 is 0 Å². The Morgan fingerprint density at radius 1 is 0.750 bits per heavy atom. The molecule has 2 aromatic carbocycles. The van der Waals surface area contributed by atoms with Gasteiger partial charge in [0.25, 0.3) is 0 Å². The summed E-state index contributed by atoms with van der Waals surface area (Å²) in [4.78, 5) is 0. The molecule has 4 heteroatoms. The molecular formula is C12H16N4. The van der Waals surface area contributed by atoms with Crippen LogP contribution in [0.2, 0.25) is 0 Å². The van der Waals surface area contributed by atoms with Crippen LogP contribution in [0.5, 0.6) is 0 Å². The molecule has 16 heavy (non-hydrogen) atoms. The van der Waals surface area contributed by atoms with E-state index in [1.807, 2.05) is 38.4 Å². The molecule has 0 spiro atoms. The van der Waals surface area contributed by atoms with E-state index >= 15 is 0 Å². The molecule has 0 saturated heterocycles. The highest BCUT2D eigenvalue weighted by Crippen LogP contribution is 2.37. The van der Waals surface area contributed by atoms with E-state index in [2.05, 4.69) is 10.6 Å². The molecule has 0 fully saturated rings. The number of hydrogen-bond acceptors (Lipinski definition) is 4. The summed E-state index contributed by atoms with van der Waals surface area (Å²) in [5, 5.41) is 8.19. The Morgan fingerprint density at radius 3 is 1.44 bits per heavy atom. The van der Waals surface area contributed by atoms with Crippen LogP contribution in [0.1, 0.15) is 0 Å². The van der Waals surface area contributed by atoms with Crippen LogP contribution in [-0.4, -0.2) is 14.1 Å². The number of hydrogen-bond donors (Lipinski definition) is 4. The van der Waals surface area contributed by atoms with Crippen LogP contribution >= 0.6 is 0 Å². The Bertz CT molecular complexity index is 486. The summed E-state index contributed by atoms with van der Waals surface area (Å²) in [5.74, 6) is 0. The van der Waals surface area contributed by atoms with Crippen molar-refractivity contribution in [3.8, 4) is 0 Å². The molecule has 0 unspecified atom stereocenters. The van der Waals surface area contributed by atoms with Gasteiger partial charge in [0.05, 0.1) is 0 Å². The molecule has 0 aromatic heterocycles. The highest BCUT2D eigenvalue weighted by molar-refractivity contribution is 6.13. The molecule has 2 aromatic rings. The van der Waals surface area contributed by atoms with E-state index in [-0.39, 0.29) is 0 Å². The normalized spacial score (nSPS) is 10.4. The van der Waals surface area contributed by atoms with Crippen molar-refractivity contribution >= 4 is 33.5 Å². The van der Waals surface area contributed by atoms with Gasteiger partial charge in [0.15, 0.2) is 0 Å². The van der Waals surface area contributed by atoms with Crippen LogP contribution in [0.4, 0.5) is 22.7 Å². The highest BCUT2D eigenvalue weighted by atomic mass is 14.9. The minimum Gasteiger partial charge on any atom is -0.398 e. The monoisotopic (exact) mass is 216 g/mol. The quantitative estimate of drug-likeness (QED) is 0.580. The molecule has 0 amide bonds. The second-order valence-electron chi connectivity index (χ2n) is 3.65. The first-order valence-corrected chi connectivity index (χ1v) is 5.15. The van der Waals surface area contributed by atoms with E-state index in [1.54, 1.807) is 0 Å². The summed E-state index contributed by atoms with van der Waals surface area (Å²) in [6, 6.07) is 7.64. The largest absolute Gasteiger partial charge is 0.398 e. The van der Waals surface area contributed by atoms with Crippen LogP contribution in [0, 0.1) is 0 Å². The summed E-state index contributed by atoms with van der Waals surface area (Å²) in [5.41, 5.74) is 15.4. The fourth-order valence-corrected chi connectivity index (χ4v) is 1.97. The maximum Gasteiger partial charge on any atom is 0.0440 e. The highest BCUT2D eigenvalue weighted by Gasteiger charge is 2.10.